The third-order valence-electron chi connectivity index (χ3n) is 0. The van der Waals surface area contributed by atoms with Crippen molar-refractivity contribution in [2.45, 2.75) is 0 Å². The molecule has 0 nitrogen and oxygen atoms in total. The molecular formula is H6CuFeKMgMnMoNaNiPbSiSrZn. The van der Waals surface area contributed by atoms with E-state index in [-0.39, 0.29) is 305 Å². The molecule has 0 aromatic heterocycles. The van der Waals surface area contributed by atoms with Gasteiger partial charge in [0.1, 0.15) is 0 Å². The van der Waals surface area contributed by atoms with E-state index in [4.69, 9.17) is 0 Å². The van der Waals surface area contributed by atoms with Gasteiger partial charge in [0.05, 0.1) is 0 Å². The van der Waals surface area contributed by atoms with Gasteiger partial charge < -0.3 is 8.56 Å². The maximum absolute atomic E-state index is 0. The zero-order valence-corrected chi connectivity index (χ0v) is 31.0. The summed E-state index contributed by atoms with van der Waals surface area (Å²) in [6, 6.07) is 0. The second-order valence-electron chi connectivity index (χ2n) is 0. The standard InChI is InChI=1S/Cu.Fe.K.Mg.Mn.Mo.Na.Ni.Pb.Si.Sr.Zn.6H/q;;+1;+2;;;+1;;;;+2;;6*-1. The van der Waals surface area contributed by atoms with Crippen LogP contribution in [0.2, 0.25) is 0 Å². The van der Waals surface area contributed by atoms with Gasteiger partial charge >= 0.3 is 149 Å². The summed E-state index contributed by atoms with van der Waals surface area (Å²) in [4.78, 5) is 0. The van der Waals surface area contributed by atoms with E-state index in [2.05, 4.69) is 0 Å². The van der Waals surface area contributed by atoms with Crippen LogP contribution in [0.25, 0.3) is 0 Å². The van der Waals surface area contributed by atoms with Crippen LogP contribution in [-0.2, 0) is 108 Å². The Morgan fingerprint density at radius 1 is 1.08 bits per heavy atom. The van der Waals surface area contributed by atoms with E-state index in [9.17, 15) is 0 Å². The zero-order valence-electron chi connectivity index (χ0n) is 12.9. The van der Waals surface area contributed by atoms with Gasteiger partial charge in [-0.25, -0.2) is 0 Å². The topological polar surface area (TPSA) is 0 Å². The molecule has 0 saturated heterocycles. The third-order valence-corrected chi connectivity index (χ3v) is 0. The van der Waals surface area contributed by atoms with Crippen LogP contribution in [0.1, 0.15) is 8.56 Å². The summed E-state index contributed by atoms with van der Waals surface area (Å²) in [6.07, 6.45) is 0. The number of hydrogen-bond acceptors (Lipinski definition) is 0. The Hall–Kier alpha value is 9.39. The molecule has 0 bridgehead atoms. The first-order valence-electron chi connectivity index (χ1n) is 0. The van der Waals surface area contributed by atoms with Gasteiger partial charge in [0.2, 0.25) is 0 Å². The van der Waals surface area contributed by atoms with Crippen LogP contribution in [-0.4, -0.2) is 107 Å². The maximum atomic E-state index is 0. The van der Waals surface area contributed by atoms with E-state index < -0.39 is 0 Å². The Bertz CT molecular complexity index is 59.5. The molecule has 0 heterocycles. The van der Waals surface area contributed by atoms with Crippen molar-refractivity contribution in [3.05, 3.63) is 0 Å². The van der Waals surface area contributed by atoms with Crippen LogP contribution in [0.5, 0.6) is 0 Å². The van der Waals surface area contributed by atoms with Crippen molar-refractivity contribution in [1.29, 1.82) is 0 Å². The predicted octanol–water partition coefficient (Wildman–Crippen LogP) is -6.86. The second-order valence-corrected chi connectivity index (χ2v) is 0. The zero-order chi connectivity index (χ0) is 0. The molecule has 0 aliphatic rings. The van der Waals surface area contributed by atoms with Gasteiger partial charge in [-0.3, -0.25) is 0 Å². The van der Waals surface area contributed by atoms with Crippen molar-refractivity contribution in [1.82, 2.24) is 0 Å². The average molecular weight is 810 g/mol. The molecule has 0 spiro atoms. The van der Waals surface area contributed by atoms with Gasteiger partial charge in [-0.05, 0) is 0 Å². The summed E-state index contributed by atoms with van der Waals surface area (Å²) >= 11 is 0. The van der Waals surface area contributed by atoms with Gasteiger partial charge in [-0.2, -0.15) is 0 Å². The fourth-order valence-electron chi connectivity index (χ4n) is 0. The quantitative estimate of drug-likeness (QED) is 0.214. The molecule has 0 N–H and O–H groups in total. The molecule has 12 heteroatoms. The molecule has 0 amide bonds. The van der Waals surface area contributed by atoms with Crippen molar-refractivity contribution >= 4 is 107 Å². The predicted molar refractivity (Wildman–Crippen MR) is 29.7 cm³/mol. The molecule has 64 valence electrons. The molecule has 0 saturated carbocycles. The van der Waals surface area contributed by atoms with E-state index in [0.717, 1.165) is 0 Å². The van der Waals surface area contributed by atoms with Crippen molar-refractivity contribution in [3.63, 3.8) is 0 Å². The van der Waals surface area contributed by atoms with E-state index >= 15 is 0 Å². The molecule has 0 aliphatic heterocycles. The summed E-state index contributed by atoms with van der Waals surface area (Å²) < 4.78 is 0. The fourth-order valence-corrected chi connectivity index (χ4v) is 0. The molecule has 0 rings (SSSR count). The largest absolute Gasteiger partial charge is 2.00 e. The average Bonchev–Trinajstić information content (AvgIpc) is 0. The Labute approximate surface area is 295 Å². The van der Waals surface area contributed by atoms with Crippen LogP contribution >= 0.6 is 0 Å². The summed E-state index contributed by atoms with van der Waals surface area (Å²) in [5.74, 6) is 0. The van der Waals surface area contributed by atoms with E-state index in [1.165, 1.54) is 0 Å². The molecule has 10 radical (unpaired) electrons. The molecule has 12 heavy (non-hydrogen) atoms. The Balaban J connectivity index is 0. The van der Waals surface area contributed by atoms with Crippen LogP contribution in [0.4, 0.5) is 0 Å². The molecule has 0 aromatic carbocycles. The molecule has 0 atom stereocenters. The molecule has 0 aliphatic carbocycles. The summed E-state index contributed by atoms with van der Waals surface area (Å²) in [5, 5.41) is 0. The normalized spacial score (nSPS) is 0. The van der Waals surface area contributed by atoms with Gasteiger partial charge in [-0.15, -0.1) is 0 Å². The number of rotatable bonds is 0. The first-order valence-corrected chi connectivity index (χ1v) is 0. The van der Waals surface area contributed by atoms with Crippen LogP contribution in [0.15, 0.2) is 0 Å². The molecule has 0 aromatic rings. The summed E-state index contributed by atoms with van der Waals surface area (Å²) in [7, 11) is 0. The van der Waals surface area contributed by atoms with Gasteiger partial charge in [-0.1, -0.05) is 0 Å². The Morgan fingerprint density at radius 3 is 1.08 bits per heavy atom. The fraction of sp³-hybridized carbons (Fsp3) is 0. The van der Waals surface area contributed by atoms with Crippen molar-refractivity contribution in [2.24, 2.45) is 0 Å². The molecule has 0 fully saturated rings. The van der Waals surface area contributed by atoms with Crippen molar-refractivity contribution < 1.29 is 198 Å². The van der Waals surface area contributed by atoms with Crippen LogP contribution in [0, 0.1) is 0 Å². The first-order chi connectivity index (χ1) is 0. The smallest absolute Gasteiger partial charge is 1.00 e. The number of hydrogen-bond donors (Lipinski definition) is 0. The minimum atomic E-state index is 0. The third kappa shape index (κ3) is 74.4. The van der Waals surface area contributed by atoms with Crippen LogP contribution < -0.4 is 80.9 Å². The second kappa shape index (κ2) is 87.0. The summed E-state index contributed by atoms with van der Waals surface area (Å²) in [5.41, 5.74) is 0. The minimum absolute atomic E-state index is 0. The van der Waals surface area contributed by atoms with Crippen molar-refractivity contribution in [2.75, 3.05) is 0 Å². The van der Waals surface area contributed by atoms with Gasteiger partial charge in [0.15, 0.2) is 0 Å². The molecule has 0 unspecified atom stereocenters. The van der Waals surface area contributed by atoms with E-state index in [0.29, 0.717) is 0 Å². The van der Waals surface area contributed by atoms with Gasteiger partial charge in [0.25, 0.3) is 0 Å². The first kappa shape index (κ1) is 101. The van der Waals surface area contributed by atoms with E-state index in [1.54, 1.807) is 0 Å². The Morgan fingerprint density at radius 2 is 1.08 bits per heavy atom. The SMILES string of the molecule is [Cu].[Fe].[H-].[H-].[H-].[H-].[H-].[H-].[K+].[Mg+2].[Mn].[Mo].[Na+].[Ni].[Pb].[Si].[Sr+2].[Zn]. The van der Waals surface area contributed by atoms with E-state index in [1.807, 2.05) is 0 Å². The van der Waals surface area contributed by atoms with Crippen LogP contribution in [0.3, 0.4) is 0 Å². The minimum Gasteiger partial charge on any atom is -1.00 e. The maximum Gasteiger partial charge on any atom is 2.00 e. The Kier molecular flexibility index (Phi) is 731. The molecular weight excluding hydrogens is 804 g/mol. The van der Waals surface area contributed by atoms with Gasteiger partial charge in [0, 0.05) is 147 Å². The monoisotopic (exact) mass is 809 g/mol. The van der Waals surface area contributed by atoms with Crippen molar-refractivity contribution in [3.8, 4) is 0 Å². The summed E-state index contributed by atoms with van der Waals surface area (Å²) in [6.45, 7) is 0.